The smallest absolute Gasteiger partial charge is 0.255 e. The molecule has 2 heterocycles. The summed E-state index contributed by atoms with van der Waals surface area (Å²) in [6, 6.07) is 18.2. The van der Waals surface area contributed by atoms with Crippen LogP contribution < -0.4 is 10.9 Å². The standard InChI is InChI=1S/C25H25N4O4P/c1-3-33-34(2,32)21-12-10-19(11-13-21)23(18-8-5-4-6-9-18)22(30)16-20-17-26-25(28-24(20)31)29-15-7-14-27-29/h4-15,17,23H,3,16H2,1-2H3,(H,26,28,31). The first-order chi connectivity index (χ1) is 16.4. The monoisotopic (exact) mass is 476 g/mol. The zero-order valence-electron chi connectivity index (χ0n) is 18.9. The van der Waals surface area contributed by atoms with Gasteiger partial charge in [0, 0.05) is 42.5 Å². The first-order valence-corrected chi connectivity index (χ1v) is 12.9. The normalized spacial score (nSPS) is 13.8. The van der Waals surface area contributed by atoms with E-state index in [1.165, 1.54) is 10.9 Å². The minimum atomic E-state index is -2.92. The maximum Gasteiger partial charge on any atom is 0.255 e. The van der Waals surface area contributed by atoms with Crippen LogP contribution in [0, 0.1) is 0 Å². The zero-order chi connectivity index (χ0) is 24.1. The summed E-state index contributed by atoms with van der Waals surface area (Å²) >= 11 is 0. The van der Waals surface area contributed by atoms with E-state index < -0.39 is 13.3 Å². The summed E-state index contributed by atoms with van der Waals surface area (Å²) in [4.78, 5) is 33.1. The molecule has 2 atom stereocenters. The Bertz CT molecular complexity index is 1370. The molecule has 0 saturated heterocycles. The molecule has 1 N–H and O–H groups in total. The lowest BCUT2D eigenvalue weighted by Crippen LogP contribution is -2.23. The first-order valence-electron chi connectivity index (χ1n) is 10.9. The molecule has 0 bridgehead atoms. The van der Waals surface area contributed by atoms with Gasteiger partial charge < -0.3 is 4.52 Å². The Kier molecular flexibility index (Phi) is 7.01. The number of ketones is 1. The Hall–Kier alpha value is -3.61. The van der Waals surface area contributed by atoms with E-state index in [4.69, 9.17) is 4.52 Å². The van der Waals surface area contributed by atoms with Crippen LogP contribution in [0.15, 0.2) is 84.0 Å². The maximum absolute atomic E-state index is 13.5. The van der Waals surface area contributed by atoms with Gasteiger partial charge in [-0.3, -0.25) is 19.1 Å². The van der Waals surface area contributed by atoms with Crippen LogP contribution in [0.5, 0.6) is 0 Å². The molecule has 0 aliphatic rings. The van der Waals surface area contributed by atoms with E-state index in [9.17, 15) is 14.2 Å². The van der Waals surface area contributed by atoms with Crippen LogP contribution in [-0.2, 0) is 20.3 Å². The van der Waals surface area contributed by atoms with Crippen molar-refractivity contribution in [2.24, 2.45) is 0 Å². The van der Waals surface area contributed by atoms with Gasteiger partial charge in [-0.05, 0) is 36.2 Å². The third kappa shape index (κ3) is 5.14. The van der Waals surface area contributed by atoms with Gasteiger partial charge in [0.1, 0.15) is 5.78 Å². The highest BCUT2D eigenvalue weighted by Gasteiger charge is 2.25. The summed E-state index contributed by atoms with van der Waals surface area (Å²) < 4.78 is 19.6. The highest BCUT2D eigenvalue weighted by atomic mass is 31.2. The molecular formula is C25H25N4O4P. The SMILES string of the molecule is CCOP(C)(=O)c1ccc(C(C(=O)Cc2cnc(-n3cccn3)[nH]c2=O)c2ccccc2)cc1. The molecule has 0 radical (unpaired) electrons. The predicted molar refractivity (Wildman–Crippen MR) is 130 cm³/mol. The Morgan fingerprint density at radius 1 is 1.09 bits per heavy atom. The Labute approximate surface area is 197 Å². The average molecular weight is 476 g/mol. The number of nitrogens with one attached hydrogen (secondary N) is 1. The third-order valence-corrected chi connectivity index (χ3v) is 7.46. The molecule has 0 spiro atoms. The fourth-order valence-electron chi connectivity index (χ4n) is 3.81. The molecule has 2 unspecified atom stereocenters. The molecule has 2 aromatic heterocycles. The van der Waals surface area contributed by atoms with Crippen LogP contribution in [0.3, 0.4) is 0 Å². The number of hydrogen-bond acceptors (Lipinski definition) is 6. The largest absolute Gasteiger partial charge is 0.326 e. The molecule has 174 valence electrons. The maximum atomic E-state index is 13.5. The van der Waals surface area contributed by atoms with Crippen molar-refractivity contribution in [1.29, 1.82) is 0 Å². The van der Waals surface area contributed by atoms with Gasteiger partial charge >= 0.3 is 0 Å². The van der Waals surface area contributed by atoms with Gasteiger partial charge in [0.05, 0.1) is 12.5 Å². The van der Waals surface area contributed by atoms with Gasteiger partial charge in [-0.2, -0.15) is 5.10 Å². The minimum absolute atomic E-state index is 0.0890. The lowest BCUT2D eigenvalue weighted by atomic mass is 9.85. The molecule has 0 saturated carbocycles. The quantitative estimate of drug-likeness (QED) is 0.371. The van der Waals surface area contributed by atoms with E-state index in [0.29, 0.717) is 11.9 Å². The molecule has 4 aromatic rings. The van der Waals surface area contributed by atoms with Gasteiger partial charge in [-0.15, -0.1) is 0 Å². The summed E-state index contributed by atoms with van der Waals surface area (Å²) in [5.74, 6) is -0.467. The van der Waals surface area contributed by atoms with Gasteiger partial charge in [0.2, 0.25) is 13.3 Å². The number of rotatable bonds is 9. The predicted octanol–water partition coefficient (Wildman–Crippen LogP) is 3.47. The van der Waals surface area contributed by atoms with Crippen LogP contribution in [0.4, 0.5) is 0 Å². The number of aromatic amines is 1. The molecule has 4 rings (SSSR count). The number of Topliss-reactive ketones (excluding diaryl/α,β-unsaturated/α-hetero) is 1. The summed E-state index contributed by atoms with van der Waals surface area (Å²) in [6.45, 7) is 3.73. The van der Waals surface area contributed by atoms with E-state index in [1.54, 1.807) is 56.3 Å². The van der Waals surface area contributed by atoms with Gasteiger partial charge in [-0.25, -0.2) is 9.67 Å². The average Bonchev–Trinajstić information content (AvgIpc) is 3.37. The lowest BCUT2D eigenvalue weighted by molar-refractivity contribution is -0.119. The number of nitrogens with zero attached hydrogens (tertiary/aromatic N) is 3. The second kappa shape index (κ2) is 10.1. The number of aromatic nitrogens is 4. The fraction of sp³-hybridized carbons (Fsp3) is 0.200. The number of carbonyl (C=O) groups excluding carboxylic acids is 1. The molecule has 0 amide bonds. The lowest BCUT2D eigenvalue weighted by Gasteiger charge is -2.19. The Morgan fingerprint density at radius 2 is 1.79 bits per heavy atom. The second-order valence-corrected chi connectivity index (χ2v) is 10.3. The summed E-state index contributed by atoms with van der Waals surface area (Å²) in [7, 11) is -2.92. The van der Waals surface area contributed by atoms with Crippen molar-refractivity contribution in [3.05, 3.63) is 106 Å². The minimum Gasteiger partial charge on any atom is -0.326 e. The van der Waals surface area contributed by atoms with E-state index in [0.717, 1.165) is 11.1 Å². The second-order valence-electron chi connectivity index (χ2n) is 7.85. The molecule has 9 heteroatoms. The van der Waals surface area contributed by atoms with Crippen LogP contribution in [0.1, 0.15) is 29.5 Å². The highest BCUT2D eigenvalue weighted by Crippen LogP contribution is 2.41. The number of carbonyl (C=O) groups is 1. The topological polar surface area (TPSA) is 107 Å². The van der Waals surface area contributed by atoms with Crippen molar-refractivity contribution in [3.63, 3.8) is 0 Å². The molecule has 0 fully saturated rings. The van der Waals surface area contributed by atoms with Crippen LogP contribution in [0.2, 0.25) is 0 Å². The van der Waals surface area contributed by atoms with Crippen LogP contribution in [0.25, 0.3) is 5.95 Å². The van der Waals surface area contributed by atoms with E-state index in [1.807, 2.05) is 30.3 Å². The van der Waals surface area contributed by atoms with E-state index >= 15 is 0 Å². The molecule has 34 heavy (non-hydrogen) atoms. The van der Waals surface area contributed by atoms with Crippen molar-refractivity contribution < 1.29 is 13.9 Å². The Morgan fingerprint density at radius 3 is 2.41 bits per heavy atom. The number of benzene rings is 2. The van der Waals surface area contributed by atoms with Crippen molar-refractivity contribution >= 4 is 18.5 Å². The molecular weight excluding hydrogens is 451 g/mol. The molecule has 0 aliphatic heterocycles. The molecule has 2 aromatic carbocycles. The van der Waals surface area contributed by atoms with Crippen molar-refractivity contribution in [3.8, 4) is 5.95 Å². The summed E-state index contributed by atoms with van der Waals surface area (Å²) in [6.07, 6.45) is 4.57. The molecule has 8 nitrogen and oxygen atoms in total. The summed E-state index contributed by atoms with van der Waals surface area (Å²) in [5.41, 5.74) is 1.43. The van der Waals surface area contributed by atoms with Gasteiger partial charge in [0.15, 0.2) is 0 Å². The van der Waals surface area contributed by atoms with Crippen molar-refractivity contribution in [2.45, 2.75) is 19.3 Å². The zero-order valence-corrected chi connectivity index (χ0v) is 19.8. The van der Waals surface area contributed by atoms with Crippen molar-refractivity contribution in [1.82, 2.24) is 19.7 Å². The van der Waals surface area contributed by atoms with E-state index in [-0.39, 0.29) is 29.3 Å². The van der Waals surface area contributed by atoms with Gasteiger partial charge in [0.25, 0.3) is 5.56 Å². The number of H-pyrrole nitrogens is 1. The van der Waals surface area contributed by atoms with Crippen LogP contribution >= 0.6 is 7.37 Å². The highest BCUT2D eigenvalue weighted by molar-refractivity contribution is 7.66. The molecule has 0 aliphatic carbocycles. The number of hydrogen-bond donors (Lipinski definition) is 1. The summed E-state index contributed by atoms with van der Waals surface area (Å²) in [5, 5.41) is 4.64. The van der Waals surface area contributed by atoms with Crippen LogP contribution in [-0.4, -0.2) is 38.8 Å². The van der Waals surface area contributed by atoms with E-state index in [2.05, 4.69) is 15.1 Å². The Balaban J connectivity index is 1.64. The van der Waals surface area contributed by atoms with Crippen molar-refractivity contribution in [2.75, 3.05) is 13.3 Å². The first kappa shape index (κ1) is 23.5. The van der Waals surface area contributed by atoms with Gasteiger partial charge in [-0.1, -0.05) is 42.5 Å². The fourth-order valence-corrected chi connectivity index (χ4v) is 5.14. The third-order valence-electron chi connectivity index (χ3n) is 5.47.